The van der Waals surface area contributed by atoms with Crippen molar-refractivity contribution >= 4 is 0 Å². The van der Waals surface area contributed by atoms with Crippen molar-refractivity contribution in [2.45, 2.75) is 38.3 Å². The molecule has 0 aliphatic heterocycles. The molecule has 0 saturated heterocycles. The van der Waals surface area contributed by atoms with Gasteiger partial charge in [0, 0.05) is 0 Å². The van der Waals surface area contributed by atoms with Crippen LogP contribution in [0.5, 0.6) is 0 Å². The SMILES string of the molecule is CCNC(CO)COC1CCCc2ccccc21. The first-order valence-corrected chi connectivity index (χ1v) is 6.88. The average Bonchev–Trinajstić information content (AvgIpc) is 2.43. The molecular weight excluding hydrogens is 226 g/mol. The molecule has 0 bridgehead atoms. The molecule has 0 fully saturated rings. The fraction of sp³-hybridized carbons (Fsp3) is 0.600. The Kier molecular flexibility index (Phi) is 5.17. The number of aryl methyl sites for hydroxylation is 1. The minimum Gasteiger partial charge on any atom is -0.395 e. The van der Waals surface area contributed by atoms with E-state index in [4.69, 9.17) is 4.74 Å². The van der Waals surface area contributed by atoms with E-state index in [9.17, 15) is 5.11 Å². The van der Waals surface area contributed by atoms with Gasteiger partial charge >= 0.3 is 0 Å². The Bertz CT molecular complexity index is 367. The van der Waals surface area contributed by atoms with E-state index < -0.39 is 0 Å². The number of nitrogens with one attached hydrogen (secondary N) is 1. The van der Waals surface area contributed by atoms with Gasteiger partial charge in [-0.05, 0) is 36.9 Å². The van der Waals surface area contributed by atoms with Crippen molar-refractivity contribution in [2.75, 3.05) is 19.8 Å². The van der Waals surface area contributed by atoms with E-state index >= 15 is 0 Å². The number of fused-ring (bicyclic) bond motifs is 1. The van der Waals surface area contributed by atoms with Crippen LogP contribution in [0.4, 0.5) is 0 Å². The van der Waals surface area contributed by atoms with Gasteiger partial charge in [0.05, 0.1) is 25.4 Å². The number of hydrogen-bond donors (Lipinski definition) is 2. The third-order valence-electron chi connectivity index (χ3n) is 3.53. The molecule has 0 amide bonds. The second-order valence-corrected chi connectivity index (χ2v) is 4.85. The third-order valence-corrected chi connectivity index (χ3v) is 3.53. The molecule has 3 heteroatoms. The van der Waals surface area contributed by atoms with E-state index in [-0.39, 0.29) is 18.8 Å². The van der Waals surface area contributed by atoms with Gasteiger partial charge in [0.1, 0.15) is 0 Å². The molecule has 1 aliphatic rings. The van der Waals surface area contributed by atoms with Crippen LogP contribution >= 0.6 is 0 Å². The molecule has 100 valence electrons. The van der Waals surface area contributed by atoms with Crippen molar-refractivity contribution in [3.63, 3.8) is 0 Å². The summed E-state index contributed by atoms with van der Waals surface area (Å²) < 4.78 is 5.99. The predicted molar refractivity (Wildman–Crippen MR) is 72.6 cm³/mol. The zero-order chi connectivity index (χ0) is 12.8. The van der Waals surface area contributed by atoms with Gasteiger partial charge in [0.15, 0.2) is 0 Å². The molecule has 0 saturated carbocycles. The number of aliphatic hydroxyl groups excluding tert-OH is 1. The van der Waals surface area contributed by atoms with Gasteiger partial charge < -0.3 is 15.2 Å². The summed E-state index contributed by atoms with van der Waals surface area (Å²) >= 11 is 0. The van der Waals surface area contributed by atoms with E-state index in [1.165, 1.54) is 17.5 Å². The number of hydrogen-bond acceptors (Lipinski definition) is 3. The molecular formula is C15H23NO2. The molecule has 2 atom stereocenters. The summed E-state index contributed by atoms with van der Waals surface area (Å²) in [5, 5.41) is 12.5. The largest absolute Gasteiger partial charge is 0.395 e. The third kappa shape index (κ3) is 3.31. The molecule has 18 heavy (non-hydrogen) atoms. The lowest BCUT2D eigenvalue weighted by Gasteiger charge is -2.27. The van der Waals surface area contributed by atoms with Crippen LogP contribution in [0.1, 0.15) is 37.0 Å². The first kappa shape index (κ1) is 13.5. The molecule has 1 aliphatic carbocycles. The Morgan fingerprint density at radius 2 is 2.28 bits per heavy atom. The Balaban J connectivity index is 1.94. The van der Waals surface area contributed by atoms with Crippen LogP contribution in [0, 0.1) is 0 Å². The van der Waals surface area contributed by atoms with Gasteiger partial charge in [-0.15, -0.1) is 0 Å². The topological polar surface area (TPSA) is 41.5 Å². The van der Waals surface area contributed by atoms with Crippen LogP contribution in [-0.2, 0) is 11.2 Å². The normalized spacial score (nSPS) is 20.4. The fourth-order valence-electron chi connectivity index (χ4n) is 2.58. The number of benzene rings is 1. The van der Waals surface area contributed by atoms with Gasteiger partial charge in [-0.1, -0.05) is 31.2 Å². The molecule has 0 aromatic heterocycles. The second kappa shape index (κ2) is 6.88. The lowest BCUT2D eigenvalue weighted by Crippen LogP contribution is -2.37. The summed E-state index contributed by atoms with van der Waals surface area (Å²) in [6, 6.07) is 8.58. The van der Waals surface area contributed by atoms with Crippen LogP contribution in [0.2, 0.25) is 0 Å². The minimum absolute atomic E-state index is 0.0455. The van der Waals surface area contributed by atoms with E-state index in [0.29, 0.717) is 6.61 Å². The predicted octanol–water partition coefficient (Wildman–Crippen LogP) is 2.05. The number of aliphatic hydroxyl groups is 1. The fourth-order valence-corrected chi connectivity index (χ4v) is 2.58. The van der Waals surface area contributed by atoms with Crippen LogP contribution in [-0.4, -0.2) is 30.9 Å². The van der Waals surface area contributed by atoms with Crippen LogP contribution in [0.3, 0.4) is 0 Å². The smallest absolute Gasteiger partial charge is 0.0828 e. The van der Waals surface area contributed by atoms with Crippen LogP contribution in [0.25, 0.3) is 0 Å². The van der Waals surface area contributed by atoms with E-state index in [0.717, 1.165) is 19.4 Å². The maximum Gasteiger partial charge on any atom is 0.0828 e. The Hall–Kier alpha value is -0.900. The van der Waals surface area contributed by atoms with Crippen molar-refractivity contribution in [2.24, 2.45) is 0 Å². The van der Waals surface area contributed by atoms with E-state index in [2.05, 4.69) is 29.6 Å². The summed E-state index contributed by atoms with van der Waals surface area (Å²) in [6.45, 7) is 3.60. The zero-order valence-corrected chi connectivity index (χ0v) is 11.1. The first-order valence-electron chi connectivity index (χ1n) is 6.88. The highest BCUT2D eigenvalue weighted by Crippen LogP contribution is 2.32. The van der Waals surface area contributed by atoms with Crippen LogP contribution < -0.4 is 5.32 Å². The molecule has 3 nitrogen and oxygen atoms in total. The monoisotopic (exact) mass is 249 g/mol. The average molecular weight is 249 g/mol. The molecule has 1 aromatic rings. The standard InChI is InChI=1S/C15H23NO2/c1-2-16-13(10-17)11-18-15-9-5-7-12-6-3-4-8-14(12)15/h3-4,6,8,13,15-17H,2,5,7,9-11H2,1H3. The number of rotatable bonds is 6. The molecule has 2 rings (SSSR count). The zero-order valence-electron chi connectivity index (χ0n) is 11.1. The van der Waals surface area contributed by atoms with Gasteiger partial charge in [0.25, 0.3) is 0 Å². The van der Waals surface area contributed by atoms with E-state index in [1.54, 1.807) is 0 Å². The lowest BCUT2D eigenvalue weighted by atomic mass is 9.89. The summed E-state index contributed by atoms with van der Waals surface area (Å²) in [5.41, 5.74) is 2.75. The number of likely N-dealkylation sites (N-methyl/N-ethyl adjacent to an activating group) is 1. The first-order chi connectivity index (χ1) is 8.85. The van der Waals surface area contributed by atoms with Crippen molar-refractivity contribution in [1.29, 1.82) is 0 Å². The molecule has 0 spiro atoms. The Morgan fingerprint density at radius 1 is 1.44 bits per heavy atom. The molecule has 0 radical (unpaired) electrons. The van der Waals surface area contributed by atoms with Crippen molar-refractivity contribution in [1.82, 2.24) is 5.32 Å². The summed E-state index contributed by atoms with van der Waals surface area (Å²) in [5.74, 6) is 0. The molecule has 0 heterocycles. The van der Waals surface area contributed by atoms with Crippen LogP contribution in [0.15, 0.2) is 24.3 Å². The van der Waals surface area contributed by atoms with Gasteiger partial charge in [0.2, 0.25) is 0 Å². The summed E-state index contributed by atoms with van der Waals surface area (Å²) in [4.78, 5) is 0. The van der Waals surface area contributed by atoms with Gasteiger partial charge in [-0.3, -0.25) is 0 Å². The van der Waals surface area contributed by atoms with Crippen molar-refractivity contribution in [3.05, 3.63) is 35.4 Å². The second-order valence-electron chi connectivity index (χ2n) is 4.85. The Labute approximate surface area is 109 Å². The summed E-state index contributed by atoms with van der Waals surface area (Å²) in [6.07, 6.45) is 3.63. The van der Waals surface area contributed by atoms with Gasteiger partial charge in [-0.25, -0.2) is 0 Å². The quantitative estimate of drug-likeness (QED) is 0.811. The number of ether oxygens (including phenoxy) is 1. The maximum absolute atomic E-state index is 9.24. The highest BCUT2D eigenvalue weighted by molar-refractivity contribution is 5.31. The highest BCUT2D eigenvalue weighted by Gasteiger charge is 2.21. The van der Waals surface area contributed by atoms with Crippen molar-refractivity contribution < 1.29 is 9.84 Å². The molecule has 2 unspecified atom stereocenters. The molecule has 1 aromatic carbocycles. The lowest BCUT2D eigenvalue weighted by molar-refractivity contribution is 0.0169. The van der Waals surface area contributed by atoms with Gasteiger partial charge in [-0.2, -0.15) is 0 Å². The highest BCUT2D eigenvalue weighted by atomic mass is 16.5. The summed E-state index contributed by atoms with van der Waals surface area (Å²) in [7, 11) is 0. The minimum atomic E-state index is 0.0455. The van der Waals surface area contributed by atoms with E-state index in [1.807, 2.05) is 6.92 Å². The van der Waals surface area contributed by atoms with Crippen molar-refractivity contribution in [3.8, 4) is 0 Å². The molecule has 2 N–H and O–H groups in total. The Morgan fingerprint density at radius 3 is 3.06 bits per heavy atom. The maximum atomic E-state index is 9.24.